The molecule has 0 atom stereocenters. The van der Waals surface area contributed by atoms with E-state index in [1.54, 1.807) is 29.4 Å². The van der Waals surface area contributed by atoms with Gasteiger partial charge < -0.3 is 14.2 Å². The van der Waals surface area contributed by atoms with Crippen LogP contribution in [0.25, 0.3) is 0 Å². The quantitative estimate of drug-likeness (QED) is 0.633. The Morgan fingerprint density at radius 1 is 1.17 bits per heavy atom. The van der Waals surface area contributed by atoms with Crippen molar-refractivity contribution in [3.63, 3.8) is 0 Å². The maximum atomic E-state index is 12.8. The minimum absolute atomic E-state index is 0.00285. The average Bonchev–Trinajstić information content (AvgIpc) is 3.13. The molecule has 0 bridgehead atoms. The van der Waals surface area contributed by atoms with Crippen molar-refractivity contribution < 1.29 is 17.6 Å². The second-order valence-electron chi connectivity index (χ2n) is 7.59. The lowest BCUT2D eigenvalue weighted by molar-refractivity contribution is -0.136. The number of rotatable bonds is 10. The summed E-state index contributed by atoms with van der Waals surface area (Å²) in [6.45, 7) is 6.24. The molecule has 0 aliphatic carbocycles. The third-order valence-corrected chi connectivity index (χ3v) is 5.89. The second-order valence-corrected chi connectivity index (χ2v) is 9.43. The fourth-order valence-electron chi connectivity index (χ4n) is 3.08. The van der Waals surface area contributed by atoms with Gasteiger partial charge in [-0.05, 0) is 42.3 Å². The lowest BCUT2D eigenvalue weighted by Crippen LogP contribution is -2.33. The molecule has 0 fully saturated rings. The van der Waals surface area contributed by atoms with Crippen LogP contribution in [-0.4, -0.2) is 39.1 Å². The lowest BCUT2D eigenvalue weighted by atomic mass is 10.1. The van der Waals surface area contributed by atoms with Gasteiger partial charge in [-0.15, -0.1) is 0 Å². The number of hydrogen-bond donors (Lipinski definition) is 1. The van der Waals surface area contributed by atoms with Gasteiger partial charge in [-0.1, -0.05) is 20.8 Å². The first kappa shape index (κ1) is 22.8. The van der Waals surface area contributed by atoms with Gasteiger partial charge in [0.1, 0.15) is 5.76 Å². The highest BCUT2D eigenvalue weighted by atomic mass is 32.2. The molecule has 1 heterocycles. The number of sulfonamides is 1. The molecule has 0 spiro atoms. The molecule has 1 N–H and O–H groups in total. The van der Waals surface area contributed by atoms with E-state index in [9.17, 15) is 13.2 Å². The predicted molar refractivity (Wildman–Crippen MR) is 116 cm³/mol. The monoisotopic (exact) mass is 421 g/mol. The Labute approximate surface area is 173 Å². The molecule has 29 heavy (non-hydrogen) atoms. The number of furan rings is 1. The SMILES string of the molecule is CCCS(=O)(=O)Nc1ccc(N(C)C)c(CN(Cc2ccco2)C(=O)C(C)C)c1. The summed E-state index contributed by atoms with van der Waals surface area (Å²) >= 11 is 0. The fourth-order valence-corrected chi connectivity index (χ4v) is 4.21. The number of nitrogens with zero attached hydrogens (tertiary/aromatic N) is 2. The third-order valence-electron chi connectivity index (χ3n) is 4.40. The van der Waals surface area contributed by atoms with Gasteiger partial charge in [0, 0.05) is 37.9 Å². The van der Waals surface area contributed by atoms with Gasteiger partial charge in [0.15, 0.2) is 0 Å². The van der Waals surface area contributed by atoms with Gasteiger partial charge in [-0.25, -0.2) is 8.42 Å². The molecule has 0 unspecified atom stereocenters. The summed E-state index contributed by atoms with van der Waals surface area (Å²) < 4.78 is 32.4. The maximum absolute atomic E-state index is 12.8. The van der Waals surface area contributed by atoms with Crippen LogP contribution in [0.3, 0.4) is 0 Å². The molecule has 1 amide bonds. The van der Waals surface area contributed by atoms with Crippen molar-refractivity contribution in [3.05, 3.63) is 47.9 Å². The lowest BCUT2D eigenvalue weighted by Gasteiger charge is -2.27. The third kappa shape index (κ3) is 6.52. The summed E-state index contributed by atoms with van der Waals surface area (Å²) in [7, 11) is 0.442. The van der Waals surface area contributed by atoms with Crippen LogP contribution in [0.1, 0.15) is 38.5 Å². The first-order chi connectivity index (χ1) is 13.6. The number of nitrogens with one attached hydrogen (secondary N) is 1. The van der Waals surface area contributed by atoms with Crippen molar-refractivity contribution in [2.45, 2.75) is 40.3 Å². The van der Waals surface area contributed by atoms with Gasteiger partial charge >= 0.3 is 0 Å². The number of carbonyl (C=O) groups excluding carboxylic acids is 1. The number of amides is 1. The highest BCUT2D eigenvalue weighted by molar-refractivity contribution is 7.92. The van der Waals surface area contributed by atoms with Crippen LogP contribution in [0.15, 0.2) is 41.0 Å². The molecular formula is C21H31N3O4S. The molecule has 160 valence electrons. The first-order valence-corrected chi connectivity index (χ1v) is 11.4. The summed E-state index contributed by atoms with van der Waals surface area (Å²) in [4.78, 5) is 16.5. The number of anilines is 2. The Balaban J connectivity index is 2.36. The second kappa shape index (κ2) is 9.82. The van der Waals surface area contributed by atoms with E-state index in [-0.39, 0.29) is 17.6 Å². The maximum Gasteiger partial charge on any atom is 0.232 e. The first-order valence-electron chi connectivity index (χ1n) is 9.75. The van der Waals surface area contributed by atoms with E-state index in [0.29, 0.717) is 31.0 Å². The molecule has 1 aromatic heterocycles. The Morgan fingerprint density at radius 2 is 1.90 bits per heavy atom. The minimum atomic E-state index is -3.39. The van der Waals surface area contributed by atoms with Gasteiger partial charge in [-0.2, -0.15) is 0 Å². The topological polar surface area (TPSA) is 82.9 Å². The average molecular weight is 422 g/mol. The Morgan fingerprint density at radius 3 is 2.45 bits per heavy atom. The van der Waals surface area contributed by atoms with Crippen LogP contribution >= 0.6 is 0 Å². The predicted octanol–water partition coefficient (Wildman–Crippen LogP) is 3.68. The summed E-state index contributed by atoms with van der Waals surface area (Å²) in [5.74, 6) is 0.598. The number of benzene rings is 1. The van der Waals surface area contributed by atoms with Crippen LogP contribution in [-0.2, 0) is 27.9 Å². The molecule has 1 aromatic carbocycles. The van der Waals surface area contributed by atoms with E-state index in [1.165, 1.54) is 0 Å². The Bertz CT molecular complexity index is 906. The Kier molecular flexibility index (Phi) is 7.73. The highest BCUT2D eigenvalue weighted by Gasteiger charge is 2.21. The van der Waals surface area contributed by atoms with Crippen LogP contribution in [0.5, 0.6) is 0 Å². The van der Waals surface area contributed by atoms with E-state index in [1.807, 2.05) is 51.9 Å². The minimum Gasteiger partial charge on any atom is -0.467 e. The molecule has 2 aromatic rings. The number of hydrogen-bond acceptors (Lipinski definition) is 5. The van der Waals surface area contributed by atoms with E-state index >= 15 is 0 Å². The summed E-state index contributed by atoms with van der Waals surface area (Å²) in [5, 5.41) is 0. The molecule has 2 rings (SSSR count). The normalized spacial score (nSPS) is 11.5. The zero-order chi connectivity index (χ0) is 21.6. The van der Waals surface area contributed by atoms with Crippen molar-refractivity contribution in [3.8, 4) is 0 Å². The summed E-state index contributed by atoms with van der Waals surface area (Å²) in [5.41, 5.74) is 2.27. The van der Waals surface area contributed by atoms with Crippen molar-refractivity contribution >= 4 is 27.3 Å². The molecule has 7 nitrogen and oxygen atoms in total. The van der Waals surface area contributed by atoms with Gasteiger partial charge in [0.05, 0.1) is 18.6 Å². The van der Waals surface area contributed by atoms with E-state index in [2.05, 4.69) is 4.72 Å². The van der Waals surface area contributed by atoms with E-state index in [4.69, 9.17) is 4.42 Å². The zero-order valence-corrected chi connectivity index (χ0v) is 18.6. The standard InChI is InChI=1S/C21H31N3O4S/c1-6-12-29(26,27)22-18-9-10-20(23(4)5)17(13-18)14-24(21(25)16(2)3)15-19-8-7-11-28-19/h7-11,13,16,22H,6,12,14-15H2,1-5H3. The van der Waals surface area contributed by atoms with Crippen molar-refractivity contribution in [2.24, 2.45) is 5.92 Å². The summed E-state index contributed by atoms with van der Waals surface area (Å²) in [6.07, 6.45) is 2.12. The zero-order valence-electron chi connectivity index (χ0n) is 17.8. The van der Waals surface area contributed by atoms with Gasteiger partial charge in [0.25, 0.3) is 0 Å². The van der Waals surface area contributed by atoms with Gasteiger partial charge in [-0.3, -0.25) is 9.52 Å². The molecule has 8 heteroatoms. The molecule has 0 radical (unpaired) electrons. The smallest absolute Gasteiger partial charge is 0.232 e. The van der Waals surface area contributed by atoms with Crippen LogP contribution < -0.4 is 9.62 Å². The highest BCUT2D eigenvalue weighted by Crippen LogP contribution is 2.26. The van der Waals surface area contributed by atoms with Gasteiger partial charge in [0.2, 0.25) is 15.9 Å². The van der Waals surface area contributed by atoms with Crippen LogP contribution in [0.2, 0.25) is 0 Å². The van der Waals surface area contributed by atoms with E-state index in [0.717, 1.165) is 11.3 Å². The van der Waals surface area contributed by atoms with E-state index < -0.39 is 10.0 Å². The van der Waals surface area contributed by atoms with Crippen LogP contribution in [0.4, 0.5) is 11.4 Å². The summed E-state index contributed by atoms with van der Waals surface area (Å²) in [6, 6.07) is 9.03. The largest absolute Gasteiger partial charge is 0.467 e. The van der Waals surface area contributed by atoms with Crippen molar-refractivity contribution in [1.29, 1.82) is 0 Å². The Hall–Kier alpha value is -2.48. The molecule has 0 saturated heterocycles. The fraction of sp³-hybridized carbons (Fsp3) is 0.476. The molecule has 0 aliphatic rings. The van der Waals surface area contributed by atoms with Crippen molar-refractivity contribution in [2.75, 3.05) is 29.5 Å². The van der Waals surface area contributed by atoms with Crippen LogP contribution in [0, 0.1) is 5.92 Å². The molecule has 0 saturated carbocycles. The molecule has 0 aliphatic heterocycles. The number of carbonyl (C=O) groups is 1. The van der Waals surface area contributed by atoms with Crippen molar-refractivity contribution in [1.82, 2.24) is 4.90 Å². The molecular weight excluding hydrogens is 390 g/mol.